The molecule has 2 aromatic heterocycles. The summed E-state index contributed by atoms with van der Waals surface area (Å²) in [5.74, 6) is -0.884. The number of aliphatic hydroxyl groups is 1. The zero-order chi connectivity index (χ0) is 33.1. The number of aromatic nitrogens is 3. The third-order valence-electron chi connectivity index (χ3n) is 9.79. The van der Waals surface area contributed by atoms with Gasteiger partial charge in [0.1, 0.15) is 11.4 Å². The minimum absolute atomic E-state index is 0.0296. The summed E-state index contributed by atoms with van der Waals surface area (Å²) in [6, 6.07) is 4.86. The van der Waals surface area contributed by atoms with Crippen molar-refractivity contribution in [3.63, 3.8) is 0 Å². The molecular formula is C31H34F6N6O3. The molecule has 1 saturated carbocycles. The number of halogens is 6. The van der Waals surface area contributed by atoms with E-state index < -0.39 is 46.5 Å². The maximum absolute atomic E-state index is 14.0. The van der Waals surface area contributed by atoms with Crippen LogP contribution in [0.1, 0.15) is 73.2 Å². The van der Waals surface area contributed by atoms with Crippen LogP contribution in [-0.2, 0) is 16.6 Å². The normalized spacial score (nSPS) is 20.8. The van der Waals surface area contributed by atoms with Gasteiger partial charge < -0.3 is 20.6 Å². The highest BCUT2D eigenvalue weighted by atomic mass is 19.4. The Balaban J connectivity index is 1.21. The lowest BCUT2D eigenvalue weighted by molar-refractivity contribution is -0.258. The van der Waals surface area contributed by atoms with Crippen LogP contribution in [0.25, 0.3) is 10.9 Å². The molecule has 0 radical (unpaired) electrons. The summed E-state index contributed by atoms with van der Waals surface area (Å²) < 4.78 is 83.0. The second-order valence-electron chi connectivity index (χ2n) is 12.9. The van der Waals surface area contributed by atoms with Crippen LogP contribution in [0.5, 0.6) is 0 Å². The second-order valence-corrected chi connectivity index (χ2v) is 12.9. The number of carbonyl (C=O) groups excluding carboxylic acids is 2. The topological polar surface area (TPSA) is 112 Å². The van der Waals surface area contributed by atoms with E-state index in [0.717, 1.165) is 69.8 Å². The van der Waals surface area contributed by atoms with Crippen LogP contribution in [0.15, 0.2) is 36.5 Å². The van der Waals surface area contributed by atoms with E-state index in [2.05, 4.69) is 20.7 Å². The summed E-state index contributed by atoms with van der Waals surface area (Å²) >= 11 is 0. The minimum atomic E-state index is -5.15. The van der Waals surface area contributed by atoms with Gasteiger partial charge in [0.15, 0.2) is 5.60 Å². The van der Waals surface area contributed by atoms with Crippen molar-refractivity contribution in [2.24, 2.45) is 11.3 Å². The molecule has 1 spiro atoms. The van der Waals surface area contributed by atoms with Crippen molar-refractivity contribution in [2.45, 2.75) is 69.4 Å². The molecule has 3 N–H and O–H groups in total. The Morgan fingerprint density at radius 3 is 2.35 bits per heavy atom. The Kier molecular flexibility index (Phi) is 8.06. The molecule has 3 aromatic rings. The van der Waals surface area contributed by atoms with Crippen LogP contribution in [0.3, 0.4) is 0 Å². The van der Waals surface area contributed by atoms with Gasteiger partial charge in [-0.05, 0) is 88.2 Å². The van der Waals surface area contributed by atoms with Crippen LogP contribution in [-0.4, -0.2) is 68.9 Å². The van der Waals surface area contributed by atoms with Crippen molar-refractivity contribution < 1.29 is 41.0 Å². The van der Waals surface area contributed by atoms with E-state index in [1.165, 1.54) is 6.07 Å². The fourth-order valence-corrected chi connectivity index (χ4v) is 6.91. The number of hydrogen-bond acceptors (Lipinski definition) is 6. The first-order valence-electron chi connectivity index (χ1n) is 15.2. The second kappa shape index (κ2) is 11.5. The van der Waals surface area contributed by atoms with Gasteiger partial charge in [-0.1, -0.05) is 6.07 Å². The summed E-state index contributed by atoms with van der Waals surface area (Å²) in [7, 11) is 0. The Bertz CT molecular complexity index is 1630. The number of likely N-dealkylation sites (tertiary alicyclic amines) is 1. The number of nitrogens with zero attached hydrogens (tertiary/aromatic N) is 4. The Labute approximate surface area is 260 Å². The first kappa shape index (κ1) is 32.2. The largest absolute Gasteiger partial charge is 0.433 e. The molecule has 3 aliphatic rings. The molecule has 0 bridgehead atoms. The molecule has 1 atom stereocenters. The average molecular weight is 653 g/mol. The Hall–Kier alpha value is -3.72. The predicted molar refractivity (Wildman–Crippen MR) is 155 cm³/mol. The van der Waals surface area contributed by atoms with Crippen LogP contribution in [0, 0.1) is 11.3 Å². The van der Waals surface area contributed by atoms with E-state index in [0.29, 0.717) is 31.5 Å². The smallest absolute Gasteiger partial charge is 0.376 e. The molecule has 46 heavy (non-hydrogen) atoms. The Morgan fingerprint density at radius 2 is 1.72 bits per heavy atom. The zero-order valence-electron chi connectivity index (χ0n) is 25.0. The van der Waals surface area contributed by atoms with Crippen molar-refractivity contribution in [3.8, 4) is 0 Å². The van der Waals surface area contributed by atoms with E-state index in [-0.39, 0.29) is 28.8 Å². The van der Waals surface area contributed by atoms with Gasteiger partial charge in [-0.3, -0.25) is 14.3 Å². The molecule has 1 unspecified atom stereocenters. The van der Waals surface area contributed by atoms with Crippen molar-refractivity contribution in [2.75, 3.05) is 31.5 Å². The molecule has 2 amide bonds. The number of fused-ring (bicyclic) bond motifs is 1. The first-order chi connectivity index (χ1) is 21.6. The van der Waals surface area contributed by atoms with Gasteiger partial charge in [-0.25, -0.2) is 4.98 Å². The highest BCUT2D eigenvalue weighted by Crippen LogP contribution is 2.55. The first-order valence-corrected chi connectivity index (χ1v) is 15.2. The molecule has 15 heteroatoms. The third kappa shape index (κ3) is 6.06. The number of alkyl halides is 6. The molecule has 1 aliphatic carbocycles. The number of benzene rings is 1. The highest BCUT2D eigenvalue weighted by molar-refractivity contribution is 6.04. The lowest BCUT2D eigenvalue weighted by Crippen LogP contribution is -2.51. The monoisotopic (exact) mass is 652 g/mol. The summed E-state index contributed by atoms with van der Waals surface area (Å²) in [6.07, 6.45) is -3.35. The van der Waals surface area contributed by atoms with E-state index in [1.54, 1.807) is 10.9 Å². The van der Waals surface area contributed by atoms with E-state index in [1.807, 2.05) is 4.90 Å². The molecule has 2 saturated heterocycles. The van der Waals surface area contributed by atoms with Gasteiger partial charge in [0.2, 0.25) is 5.91 Å². The molecule has 6 rings (SSSR count). The summed E-state index contributed by atoms with van der Waals surface area (Å²) in [5.41, 5.74) is -6.37. The summed E-state index contributed by atoms with van der Waals surface area (Å²) in [6.45, 7) is 3.61. The van der Waals surface area contributed by atoms with Crippen LogP contribution in [0.4, 0.5) is 32.0 Å². The number of anilines is 1. The van der Waals surface area contributed by atoms with Crippen molar-refractivity contribution in [3.05, 3.63) is 53.5 Å². The molecular weight excluding hydrogens is 618 g/mol. The SMILES string of the molecule is CC(O)(c1cc2nn(C3CC4(CCN(C(=O)C5CCNCC5)CC4)C3)cc2cc1NC(=O)c1cccc(C(F)(F)F)n1)C(F)(F)F. The van der Waals surface area contributed by atoms with Gasteiger partial charge in [-0.2, -0.15) is 31.4 Å². The molecule has 9 nitrogen and oxygen atoms in total. The van der Waals surface area contributed by atoms with Crippen molar-refractivity contribution >= 4 is 28.4 Å². The lowest BCUT2D eigenvalue weighted by atomic mass is 9.60. The van der Waals surface area contributed by atoms with E-state index in [4.69, 9.17) is 0 Å². The fourth-order valence-electron chi connectivity index (χ4n) is 6.91. The summed E-state index contributed by atoms with van der Waals surface area (Å²) in [4.78, 5) is 31.1. The lowest BCUT2D eigenvalue weighted by Gasteiger charge is -2.52. The molecule has 2 aliphatic heterocycles. The van der Waals surface area contributed by atoms with Gasteiger partial charge >= 0.3 is 12.4 Å². The predicted octanol–water partition coefficient (Wildman–Crippen LogP) is 5.42. The van der Waals surface area contributed by atoms with Crippen LogP contribution < -0.4 is 10.6 Å². The number of carbonyl (C=O) groups is 2. The standard InChI is InChI=1S/C31H34F6N6O3/c1-28(46,31(35,36)37)21-14-23-19(13-24(21)40-26(44)22-3-2-4-25(39-22)30(32,33)34)17-43(41-23)20-15-29(16-20)7-11-42(12-8-29)27(45)18-5-9-38-10-6-18/h2-4,13-14,17-18,20,38,46H,5-12,15-16H2,1H3,(H,40,44). The number of amides is 2. The van der Waals surface area contributed by atoms with E-state index >= 15 is 0 Å². The van der Waals surface area contributed by atoms with Gasteiger partial charge in [0, 0.05) is 41.8 Å². The number of hydrogen-bond donors (Lipinski definition) is 3. The van der Waals surface area contributed by atoms with Gasteiger partial charge in [0.25, 0.3) is 5.91 Å². The van der Waals surface area contributed by atoms with Gasteiger partial charge in [0.05, 0.1) is 11.6 Å². The van der Waals surface area contributed by atoms with E-state index in [9.17, 15) is 41.0 Å². The average Bonchev–Trinajstić information content (AvgIpc) is 3.41. The fraction of sp³-hybridized carbons (Fsp3) is 0.548. The molecule has 1 aromatic carbocycles. The number of rotatable bonds is 5. The number of piperidine rings is 2. The molecule has 3 fully saturated rings. The highest BCUT2D eigenvalue weighted by Gasteiger charge is 2.53. The zero-order valence-corrected chi connectivity index (χ0v) is 25.0. The summed E-state index contributed by atoms with van der Waals surface area (Å²) in [5, 5.41) is 21.0. The van der Waals surface area contributed by atoms with Crippen LogP contribution in [0.2, 0.25) is 0 Å². The maximum atomic E-state index is 14.0. The van der Waals surface area contributed by atoms with Gasteiger partial charge in [-0.15, -0.1) is 0 Å². The molecule has 4 heterocycles. The van der Waals surface area contributed by atoms with Crippen molar-refractivity contribution in [1.82, 2.24) is 25.0 Å². The third-order valence-corrected chi connectivity index (χ3v) is 9.79. The van der Waals surface area contributed by atoms with Crippen molar-refractivity contribution in [1.29, 1.82) is 0 Å². The number of pyridine rings is 1. The minimum Gasteiger partial charge on any atom is -0.376 e. The quantitative estimate of drug-likeness (QED) is 0.318. The number of nitrogens with one attached hydrogen (secondary N) is 2. The molecule has 248 valence electrons. The maximum Gasteiger partial charge on any atom is 0.433 e. The Morgan fingerprint density at radius 1 is 1.04 bits per heavy atom. The van der Waals surface area contributed by atoms with Crippen LogP contribution >= 0.6 is 0 Å².